The molecule has 1 aliphatic rings. The molecule has 0 bridgehead atoms. The van der Waals surface area contributed by atoms with E-state index < -0.39 is 0 Å². The predicted octanol–water partition coefficient (Wildman–Crippen LogP) is 3.41. The van der Waals surface area contributed by atoms with Crippen LogP contribution >= 0.6 is 0 Å². The molecule has 0 atom stereocenters. The summed E-state index contributed by atoms with van der Waals surface area (Å²) in [5.74, 6) is 1.00. The summed E-state index contributed by atoms with van der Waals surface area (Å²) < 4.78 is 2.20. The Kier molecular flexibility index (Phi) is 2.50. The van der Waals surface area contributed by atoms with Gasteiger partial charge in [0.1, 0.15) is 5.78 Å². The topological polar surface area (TPSA) is 22.0 Å². The predicted molar refractivity (Wildman–Crippen MR) is 69.1 cm³/mol. The van der Waals surface area contributed by atoms with Crippen molar-refractivity contribution in [2.75, 3.05) is 0 Å². The Bertz CT molecular complexity index is 557. The van der Waals surface area contributed by atoms with Crippen molar-refractivity contribution in [1.82, 2.24) is 4.57 Å². The van der Waals surface area contributed by atoms with Gasteiger partial charge in [-0.15, -0.1) is 0 Å². The summed E-state index contributed by atoms with van der Waals surface area (Å²) in [6.45, 7) is 0. The lowest BCUT2D eigenvalue weighted by molar-refractivity contribution is -0.120. The molecule has 88 valence electrons. The van der Waals surface area contributed by atoms with Gasteiger partial charge < -0.3 is 4.57 Å². The second kappa shape index (κ2) is 4.02. The number of ketones is 1. The molecule has 1 aromatic carbocycles. The third-order valence-electron chi connectivity index (χ3n) is 3.91. The molecule has 0 aliphatic heterocycles. The van der Waals surface area contributed by atoms with Gasteiger partial charge in [0, 0.05) is 37.0 Å². The number of fused-ring (bicyclic) bond motifs is 1. The van der Waals surface area contributed by atoms with Crippen molar-refractivity contribution in [3.63, 3.8) is 0 Å². The number of carbonyl (C=O) groups is 1. The van der Waals surface area contributed by atoms with Gasteiger partial charge in [0.05, 0.1) is 0 Å². The minimum atomic E-state index is 0.432. The third kappa shape index (κ3) is 1.78. The second-order valence-corrected chi connectivity index (χ2v) is 5.03. The third-order valence-corrected chi connectivity index (χ3v) is 3.91. The van der Waals surface area contributed by atoms with Gasteiger partial charge in [-0.2, -0.15) is 0 Å². The van der Waals surface area contributed by atoms with Crippen molar-refractivity contribution in [2.24, 2.45) is 7.05 Å². The first kappa shape index (κ1) is 10.6. The normalized spacial score (nSPS) is 17.8. The van der Waals surface area contributed by atoms with E-state index in [0.29, 0.717) is 11.7 Å². The zero-order valence-electron chi connectivity index (χ0n) is 10.1. The first-order valence-electron chi connectivity index (χ1n) is 6.31. The van der Waals surface area contributed by atoms with Crippen molar-refractivity contribution in [3.8, 4) is 0 Å². The molecule has 0 unspecified atom stereocenters. The molecule has 0 N–H and O–H groups in total. The molecule has 0 amide bonds. The number of hydrogen-bond acceptors (Lipinski definition) is 1. The number of rotatable bonds is 1. The summed E-state index contributed by atoms with van der Waals surface area (Å²) in [7, 11) is 2.10. The van der Waals surface area contributed by atoms with E-state index in [0.717, 1.165) is 25.7 Å². The summed E-state index contributed by atoms with van der Waals surface area (Å²) in [6.07, 6.45) is 5.80. The highest BCUT2D eigenvalue weighted by Crippen LogP contribution is 2.35. The summed E-state index contributed by atoms with van der Waals surface area (Å²) in [6, 6.07) is 8.53. The molecule has 1 aliphatic carbocycles. The lowest BCUT2D eigenvalue weighted by Crippen LogP contribution is -2.12. The van der Waals surface area contributed by atoms with Crippen molar-refractivity contribution in [3.05, 3.63) is 36.0 Å². The molecule has 2 aromatic rings. The van der Waals surface area contributed by atoms with E-state index in [-0.39, 0.29) is 0 Å². The van der Waals surface area contributed by atoms with Crippen molar-refractivity contribution < 1.29 is 4.79 Å². The quantitative estimate of drug-likeness (QED) is 0.731. The SMILES string of the molecule is Cn1cc(C2CCC(=O)CC2)c2ccccc21. The monoisotopic (exact) mass is 227 g/mol. The van der Waals surface area contributed by atoms with Crippen LogP contribution in [0.4, 0.5) is 0 Å². The molecule has 1 fully saturated rings. The van der Waals surface area contributed by atoms with Crippen LogP contribution < -0.4 is 0 Å². The Morgan fingerprint density at radius 3 is 2.65 bits per heavy atom. The Morgan fingerprint density at radius 1 is 1.18 bits per heavy atom. The Morgan fingerprint density at radius 2 is 1.88 bits per heavy atom. The van der Waals surface area contributed by atoms with E-state index in [1.165, 1.54) is 16.5 Å². The number of benzene rings is 1. The molecule has 1 aromatic heterocycles. The average Bonchev–Trinajstić information content (AvgIpc) is 2.69. The van der Waals surface area contributed by atoms with E-state index in [1.54, 1.807) is 0 Å². The van der Waals surface area contributed by atoms with Crippen LogP contribution in [0, 0.1) is 0 Å². The molecular formula is C15H17NO. The van der Waals surface area contributed by atoms with Crippen LogP contribution in [0.3, 0.4) is 0 Å². The van der Waals surface area contributed by atoms with Crippen molar-refractivity contribution in [2.45, 2.75) is 31.6 Å². The molecule has 0 radical (unpaired) electrons. The van der Waals surface area contributed by atoms with Crippen LogP contribution in [-0.4, -0.2) is 10.4 Å². The van der Waals surface area contributed by atoms with Crippen molar-refractivity contribution in [1.29, 1.82) is 0 Å². The maximum atomic E-state index is 11.3. The lowest BCUT2D eigenvalue weighted by Gasteiger charge is -2.20. The number of aromatic nitrogens is 1. The van der Waals surface area contributed by atoms with E-state index in [9.17, 15) is 4.79 Å². The molecule has 17 heavy (non-hydrogen) atoms. The van der Waals surface area contributed by atoms with E-state index in [1.807, 2.05) is 0 Å². The van der Waals surface area contributed by atoms with Gasteiger partial charge in [0.25, 0.3) is 0 Å². The molecule has 0 spiro atoms. The van der Waals surface area contributed by atoms with Gasteiger partial charge in [-0.1, -0.05) is 18.2 Å². The van der Waals surface area contributed by atoms with Gasteiger partial charge in [-0.3, -0.25) is 4.79 Å². The van der Waals surface area contributed by atoms with Crippen LogP contribution in [0.15, 0.2) is 30.5 Å². The van der Waals surface area contributed by atoms with E-state index in [4.69, 9.17) is 0 Å². The van der Waals surface area contributed by atoms with Crippen LogP contribution in [0.1, 0.15) is 37.2 Å². The highest BCUT2D eigenvalue weighted by molar-refractivity contribution is 5.85. The van der Waals surface area contributed by atoms with Gasteiger partial charge in [0.15, 0.2) is 0 Å². The van der Waals surface area contributed by atoms with Gasteiger partial charge >= 0.3 is 0 Å². The number of para-hydroxylation sites is 1. The average molecular weight is 227 g/mol. The summed E-state index contributed by atoms with van der Waals surface area (Å²) in [4.78, 5) is 11.3. The highest BCUT2D eigenvalue weighted by atomic mass is 16.1. The second-order valence-electron chi connectivity index (χ2n) is 5.03. The van der Waals surface area contributed by atoms with Crippen molar-refractivity contribution >= 4 is 16.7 Å². The zero-order chi connectivity index (χ0) is 11.8. The molecule has 1 saturated carbocycles. The van der Waals surface area contributed by atoms with E-state index >= 15 is 0 Å². The highest BCUT2D eigenvalue weighted by Gasteiger charge is 2.22. The number of carbonyl (C=O) groups excluding carboxylic acids is 1. The number of hydrogen-bond donors (Lipinski definition) is 0. The zero-order valence-corrected chi connectivity index (χ0v) is 10.1. The molecular weight excluding hydrogens is 210 g/mol. The Balaban J connectivity index is 2.03. The molecule has 0 saturated heterocycles. The fraction of sp³-hybridized carbons (Fsp3) is 0.400. The fourth-order valence-corrected chi connectivity index (χ4v) is 2.95. The summed E-state index contributed by atoms with van der Waals surface area (Å²) in [5, 5.41) is 1.36. The van der Waals surface area contributed by atoms with Gasteiger partial charge in [-0.05, 0) is 30.4 Å². The smallest absolute Gasteiger partial charge is 0.132 e. The number of nitrogens with zero attached hydrogens (tertiary/aromatic N) is 1. The van der Waals surface area contributed by atoms with Crippen LogP contribution in [-0.2, 0) is 11.8 Å². The Labute approximate surface area is 101 Å². The fourth-order valence-electron chi connectivity index (χ4n) is 2.95. The van der Waals surface area contributed by atoms with Crippen LogP contribution in [0.2, 0.25) is 0 Å². The molecule has 1 heterocycles. The standard InChI is InChI=1S/C15H17NO/c1-16-10-14(11-6-8-12(17)9-7-11)13-4-2-3-5-15(13)16/h2-5,10-11H,6-9H2,1H3. The number of Topliss-reactive ketones (excluding diaryl/α,β-unsaturated/α-hetero) is 1. The summed E-state index contributed by atoms with van der Waals surface area (Å²) in [5.41, 5.74) is 2.72. The lowest BCUT2D eigenvalue weighted by atomic mass is 9.83. The minimum Gasteiger partial charge on any atom is -0.350 e. The summed E-state index contributed by atoms with van der Waals surface area (Å²) >= 11 is 0. The molecule has 2 heteroatoms. The van der Waals surface area contributed by atoms with Crippen LogP contribution in [0.25, 0.3) is 10.9 Å². The minimum absolute atomic E-state index is 0.432. The molecule has 3 rings (SSSR count). The maximum absolute atomic E-state index is 11.3. The van der Waals surface area contributed by atoms with E-state index in [2.05, 4.69) is 42.1 Å². The maximum Gasteiger partial charge on any atom is 0.132 e. The first-order valence-corrected chi connectivity index (χ1v) is 6.31. The van der Waals surface area contributed by atoms with Crippen LogP contribution in [0.5, 0.6) is 0 Å². The molecule has 2 nitrogen and oxygen atoms in total. The first-order chi connectivity index (χ1) is 8.25. The Hall–Kier alpha value is -1.57. The number of aryl methyl sites for hydroxylation is 1. The van der Waals surface area contributed by atoms with Gasteiger partial charge in [0.2, 0.25) is 0 Å². The largest absolute Gasteiger partial charge is 0.350 e. The van der Waals surface area contributed by atoms with Gasteiger partial charge in [-0.25, -0.2) is 0 Å².